The minimum atomic E-state index is -1.02. The summed E-state index contributed by atoms with van der Waals surface area (Å²) in [6.07, 6.45) is 3.40. The standard InChI is InChI=1S/C14H19NO4/c15-12-6-3-4-10(13(12)14(16)17)8-18-9-11-5-1-2-7-19-11/h3-4,6,11H,1-2,5,7-9,15H2,(H,16,17). The van der Waals surface area contributed by atoms with Gasteiger partial charge in [0.05, 0.1) is 24.9 Å². The number of carboxylic acids is 1. The Balaban J connectivity index is 1.92. The molecule has 0 saturated carbocycles. The Hall–Kier alpha value is -1.59. The van der Waals surface area contributed by atoms with E-state index in [2.05, 4.69) is 0 Å². The Kier molecular flexibility index (Phi) is 4.76. The van der Waals surface area contributed by atoms with Gasteiger partial charge >= 0.3 is 5.97 Å². The second-order valence-electron chi connectivity index (χ2n) is 4.69. The minimum absolute atomic E-state index is 0.128. The van der Waals surface area contributed by atoms with Crippen LogP contribution in [0.15, 0.2) is 18.2 Å². The lowest BCUT2D eigenvalue weighted by molar-refractivity contribution is -0.0448. The predicted molar refractivity (Wildman–Crippen MR) is 71.1 cm³/mol. The van der Waals surface area contributed by atoms with Crippen LogP contribution in [0.2, 0.25) is 0 Å². The lowest BCUT2D eigenvalue weighted by Gasteiger charge is -2.22. The summed E-state index contributed by atoms with van der Waals surface area (Å²) in [5, 5.41) is 9.13. The summed E-state index contributed by atoms with van der Waals surface area (Å²) in [7, 11) is 0. The molecule has 5 heteroatoms. The highest BCUT2D eigenvalue weighted by atomic mass is 16.5. The van der Waals surface area contributed by atoms with E-state index in [0.717, 1.165) is 25.9 Å². The van der Waals surface area contributed by atoms with Crippen LogP contribution in [-0.4, -0.2) is 30.4 Å². The van der Waals surface area contributed by atoms with Crippen LogP contribution in [0.4, 0.5) is 5.69 Å². The Morgan fingerprint density at radius 2 is 2.32 bits per heavy atom. The lowest BCUT2D eigenvalue weighted by Crippen LogP contribution is -2.24. The first-order chi connectivity index (χ1) is 9.18. The Labute approximate surface area is 112 Å². The predicted octanol–water partition coefficient (Wildman–Crippen LogP) is 2.05. The summed E-state index contributed by atoms with van der Waals surface area (Å²) in [6, 6.07) is 5.04. The quantitative estimate of drug-likeness (QED) is 0.796. The van der Waals surface area contributed by atoms with Gasteiger partial charge in [0.25, 0.3) is 0 Å². The molecule has 3 N–H and O–H groups in total. The summed E-state index contributed by atoms with van der Waals surface area (Å²) in [6.45, 7) is 1.52. The van der Waals surface area contributed by atoms with E-state index in [9.17, 15) is 4.79 Å². The fourth-order valence-electron chi connectivity index (χ4n) is 2.24. The fraction of sp³-hybridized carbons (Fsp3) is 0.500. The van der Waals surface area contributed by atoms with E-state index in [1.165, 1.54) is 0 Å². The average molecular weight is 265 g/mol. The molecule has 0 amide bonds. The van der Waals surface area contributed by atoms with Crippen LogP contribution in [-0.2, 0) is 16.1 Å². The van der Waals surface area contributed by atoms with Crippen molar-refractivity contribution >= 4 is 11.7 Å². The first kappa shape index (κ1) is 13.8. The molecule has 1 fully saturated rings. The highest BCUT2D eigenvalue weighted by Crippen LogP contribution is 2.19. The highest BCUT2D eigenvalue weighted by molar-refractivity contribution is 5.95. The van der Waals surface area contributed by atoms with E-state index in [1.54, 1.807) is 18.2 Å². The van der Waals surface area contributed by atoms with E-state index in [0.29, 0.717) is 12.2 Å². The molecule has 0 aromatic heterocycles. The third kappa shape index (κ3) is 3.68. The molecule has 0 aliphatic carbocycles. The molecule has 104 valence electrons. The molecular weight excluding hydrogens is 246 g/mol. The minimum Gasteiger partial charge on any atom is -0.478 e. The van der Waals surface area contributed by atoms with Gasteiger partial charge in [0, 0.05) is 12.3 Å². The van der Waals surface area contributed by atoms with Gasteiger partial charge in [-0.25, -0.2) is 4.79 Å². The fourth-order valence-corrected chi connectivity index (χ4v) is 2.24. The van der Waals surface area contributed by atoms with Crippen molar-refractivity contribution in [1.29, 1.82) is 0 Å². The lowest BCUT2D eigenvalue weighted by atomic mass is 10.1. The molecule has 1 aromatic rings. The number of rotatable bonds is 5. The number of carboxylic acid groups (broad SMARTS) is 1. The maximum atomic E-state index is 11.1. The zero-order valence-electron chi connectivity index (χ0n) is 10.8. The molecule has 19 heavy (non-hydrogen) atoms. The topological polar surface area (TPSA) is 81.8 Å². The van der Waals surface area contributed by atoms with Crippen molar-refractivity contribution in [3.05, 3.63) is 29.3 Å². The molecule has 1 heterocycles. The van der Waals surface area contributed by atoms with Crippen molar-refractivity contribution in [1.82, 2.24) is 0 Å². The Morgan fingerprint density at radius 1 is 1.47 bits per heavy atom. The molecule has 1 atom stereocenters. The van der Waals surface area contributed by atoms with Gasteiger partial charge in [0.1, 0.15) is 0 Å². The first-order valence-electron chi connectivity index (χ1n) is 6.48. The summed E-state index contributed by atoms with van der Waals surface area (Å²) < 4.78 is 11.1. The van der Waals surface area contributed by atoms with E-state index in [-0.39, 0.29) is 24.0 Å². The van der Waals surface area contributed by atoms with Crippen LogP contribution in [0, 0.1) is 0 Å². The number of nitrogens with two attached hydrogens (primary N) is 1. The van der Waals surface area contributed by atoms with Gasteiger partial charge in [-0.15, -0.1) is 0 Å². The molecule has 1 unspecified atom stereocenters. The third-order valence-electron chi connectivity index (χ3n) is 3.23. The average Bonchev–Trinajstić information content (AvgIpc) is 2.39. The van der Waals surface area contributed by atoms with Crippen LogP contribution in [0.5, 0.6) is 0 Å². The smallest absolute Gasteiger partial charge is 0.338 e. The molecule has 1 saturated heterocycles. The molecule has 0 bridgehead atoms. The van der Waals surface area contributed by atoms with Crippen molar-refractivity contribution in [2.45, 2.75) is 32.0 Å². The van der Waals surface area contributed by atoms with E-state index in [4.69, 9.17) is 20.3 Å². The van der Waals surface area contributed by atoms with Crippen molar-refractivity contribution in [3.63, 3.8) is 0 Å². The maximum Gasteiger partial charge on any atom is 0.338 e. The van der Waals surface area contributed by atoms with Crippen LogP contribution in [0.25, 0.3) is 0 Å². The van der Waals surface area contributed by atoms with Gasteiger partial charge in [0.15, 0.2) is 0 Å². The maximum absolute atomic E-state index is 11.1. The number of ether oxygens (including phenoxy) is 2. The van der Waals surface area contributed by atoms with Crippen molar-refractivity contribution < 1.29 is 19.4 Å². The molecule has 1 aliphatic heterocycles. The Bertz CT molecular complexity index is 441. The molecule has 0 spiro atoms. The van der Waals surface area contributed by atoms with Gasteiger partial charge in [-0.1, -0.05) is 12.1 Å². The van der Waals surface area contributed by atoms with Gasteiger partial charge in [-0.2, -0.15) is 0 Å². The van der Waals surface area contributed by atoms with E-state index < -0.39 is 5.97 Å². The summed E-state index contributed by atoms with van der Waals surface area (Å²) in [5.74, 6) is -1.02. The monoisotopic (exact) mass is 265 g/mol. The van der Waals surface area contributed by atoms with Crippen molar-refractivity contribution in [3.8, 4) is 0 Å². The molecule has 1 aliphatic rings. The van der Waals surface area contributed by atoms with E-state index >= 15 is 0 Å². The zero-order chi connectivity index (χ0) is 13.7. The normalized spacial score (nSPS) is 19.3. The van der Waals surface area contributed by atoms with Crippen molar-refractivity contribution in [2.24, 2.45) is 0 Å². The largest absolute Gasteiger partial charge is 0.478 e. The molecular formula is C14H19NO4. The number of hydrogen-bond donors (Lipinski definition) is 2. The summed E-state index contributed by atoms with van der Waals surface area (Å²) >= 11 is 0. The summed E-state index contributed by atoms with van der Waals surface area (Å²) in [4.78, 5) is 11.1. The van der Waals surface area contributed by atoms with Crippen LogP contribution in [0.3, 0.4) is 0 Å². The second-order valence-corrected chi connectivity index (χ2v) is 4.69. The van der Waals surface area contributed by atoms with Gasteiger partial charge < -0.3 is 20.3 Å². The molecule has 0 radical (unpaired) electrons. The number of hydrogen-bond acceptors (Lipinski definition) is 4. The van der Waals surface area contributed by atoms with Crippen molar-refractivity contribution in [2.75, 3.05) is 18.9 Å². The Morgan fingerprint density at radius 3 is 3.00 bits per heavy atom. The number of nitrogen functional groups attached to an aromatic ring is 1. The molecule has 2 rings (SSSR count). The van der Waals surface area contributed by atoms with Gasteiger partial charge in [0.2, 0.25) is 0 Å². The third-order valence-corrected chi connectivity index (χ3v) is 3.23. The van der Waals surface area contributed by atoms with Crippen LogP contribution in [0.1, 0.15) is 35.2 Å². The summed E-state index contributed by atoms with van der Waals surface area (Å²) in [5.41, 5.74) is 6.67. The van der Waals surface area contributed by atoms with Crippen LogP contribution < -0.4 is 5.73 Å². The first-order valence-corrected chi connectivity index (χ1v) is 6.48. The number of anilines is 1. The van der Waals surface area contributed by atoms with Gasteiger partial charge in [-0.3, -0.25) is 0 Å². The highest BCUT2D eigenvalue weighted by Gasteiger charge is 2.16. The number of carbonyl (C=O) groups is 1. The zero-order valence-corrected chi connectivity index (χ0v) is 10.8. The molecule has 1 aromatic carbocycles. The molecule has 5 nitrogen and oxygen atoms in total. The van der Waals surface area contributed by atoms with Crippen LogP contribution >= 0.6 is 0 Å². The second kappa shape index (κ2) is 6.54. The number of aromatic carboxylic acids is 1. The SMILES string of the molecule is Nc1cccc(COCC2CCCCO2)c1C(=O)O. The number of benzene rings is 1. The van der Waals surface area contributed by atoms with E-state index in [1.807, 2.05) is 0 Å². The van der Waals surface area contributed by atoms with Gasteiger partial charge in [-0.05, 0) is 30.9 Å².